The van der Waals surface area contributed by atoms with E-state index in [0.29, 0.717) is 12.7 Å². The summed E-state index contributed by atoms with van der Waals surface area (Å²) in [7, 11) is 0. The topological polar surface area (TPSA) is 38.7 Å². The molecule has 0 aromatic carbocycles. The van der Waals surface area contributed by atoms with Gasteiger partial charge < -0.3 is 14.6 Å². The van der Waals surface area contributed by atoms with Crippen LogP contribution in [0.25, 0.3) is 0 Å². The van der Waals surface area contributed by atoms with Gasteiger partial charge in [-0.15, -0.1) is 0 Å². The quantitative estimate of drug-likeness (QED) is 0.666. The predicted octanol–water partition coefficient (Wildman–Crippen LogP) is 1.09. The molecule has 2 rings (SSSR count). The lowest BCUT2D eigenvalue weighted by Gasteiger charge is -2.30. The highest BCUT2D eigenvalue weighted by Gasteiger charge is 2.33. The number of hydrogen-bond acceptors (Lipinski definition) is 3. The van der Waals surface area contributed by atoms with Gasteiger partial charge in [-0.1, -0.05) is 0 Å². The summed E-state index contributed by atoms with van der Waals surface area (Å²) in [4.78, 5) is 0. The monoisotopic (exact) mass is 186 g/mol. The van der Waals surface area contributed by atoms with Gasteiger partial charge in [0, 0.05) is 13.0 Å². The Morgan fingerprint density at radius 1 is 1.15 bits per heavy atom. The number of rotatable bonds is 1. The van der Waals surface area contributed by atoms with E-state index in [0.717, 1.165) is 25.7 Å². The maximum atomic E-state index is 9.47. The highest BCUT2D eigenvalue weighted by Crippen LogP contribution is 2.28. The fourth-order valence-corrected chi connectivity index (χ4v) is 2.18. The van der Waals surface area contributed by atoms with Gasteiger partial charge in [-0.05, 0) is 26.2 Å². The van der Waals surface area contributed by atoms with Gasteiger partial charge in [-0.3, -0.25) is 0 Å². The Bertz CT molecular complexity index is 172. The molecule has 4 unspecified atom stereocenters. The summed E-state index contributed by atoms with van der Waals surface area (Å²) in [6.07, 6.45) is 4.28. The van der Waals surface area contributed by atoms with Crippen LogP contribution in [-0.2, 0) is 9.47 Å². The van der Waals surface area contributed by atoms with Gasteiger partial charge in [0.05, 0.1) is 24.4 Å². The average Bonchev–Trinajstić information content (AvgIpc) is 2.52. The Morgan fingerprint density at radius 3 is 2.62 bits per heavy atom. The minimum absolute atomic E-state index is 0.133. The Balaban J connectivity index is 1.85. The second-order valence-electron chi connectivity index (χ2n) is 4.15. The van der Waals surface area contributed by atoms with E-state index in [2.05, 4.69) is 6.92 Å². The molecule has 4 atom stereocenters. The van der Waals surface area contributed by atoms with E-state index in [9.17, 15) is 5.11 Å². The molecule has 0 aromatic heterocycles. The third-order valence-electron chi connectivity index (χ3n) is 2.97. The van der Waals surface area contributed by atoms with E-state index in [-0.39, 0.29) is 18.3 Å². The maximum absolute atomic E-state index is 9.47. The maximum Gasteiger partial charge on any atom is 0.0861 e. The van der Waals surface area contributed by atoms with E-state index in [1.807, 2.05) is 0 Å². The molecular weight excluding hydrogens is 168 g/mol. The summed E-state index contributed by atoms with van der Waals surface area (Å²) in [5.41, 5.74) is 0. The van der Waals surface area contributed by atoms with Crippen LogP contribution in [-0.4, -0.2) is 36.1 Å². The number of aliphatic hydroxyl groups is 1. The first kappa shape index (κ1) is 9.44. The molecule has 0 aliphatic carbocycles. The highest BCUT2D eigenvalue weighted by molar-refractivity contribution is 4.82. The Kier molecular flexibility index (Phi) is 2.86. The number of aliphatic hydroxyl groups excluding tert-OH is 1. The summed E-state index contributed by atoms with van der Waals surface area (Å²) in [6.45, 7) is 2.78. The Morgan fingerprint density at radius 2 is 2.00 bits per heavy atom. The first-order valence-electron chi connectivity index (χ1n) is 5.21. The zero-order valence-corrected chi connectivity index (χ0v) is 8.11. The largest absolute Gasteiger partial charge is 0.393 e. The van der Waals surface area contributed by atoms with Gasteiger partial charge >= 0.3 is 0 Å². The number of ether oxygens (including phenoxy) is 2. The van der Waals surface area contributed by atoms with E-state index in [4.69, 9.17) is 9.47 Å². The molecule has 3 nitrogen and oxygen atoms in total. The van der Waals surface area contributed by atoms with Gasteiger partial charge in [0.25, 0.3) is 0 Å². The molecule has 2 aliphatic heterocycles. The zero-order chi connectivity index (χ0) is 9.26. The van der Waals surface area contributed by atoms with Gasteiger partial charge in [0.1, 0.15) is 0 Å². The van der Waals surface area contributed by atoms with Crippen LogP contribution in [0.5, 0.6) is 0 Å². The molecular formula is C10H18O3. The molecule has 2 fully saturated rings. The van der Waals surface area contributed by atoms with Crippen molar-refractivity contribution in [1.29, 1.82) is 0 Å². The summed E-state index contributed by atoms with van der Waals surface area (Å²) < 4.78 is 11.3. The minimum atomic E-state index is -0.182. The van der Waals surface area contributed by atoms with Crippen molar-refractivity contribution < 1.29 is 14.6 Å². The van der Waals surface area contributed by atoms with Gasteiger partial charge in [0.15, 0.2) is 0 Å². The minimum Gasteiger partial charge on any atom is -0.393 e. The molecule has 1 N–H and O–H groups in total. The third-order valence-corrected chi connectivity index (χ3v) is 2.97. The SMILES string of the molecule is CC1CCC(C2CC(O)CCO2)O1. The molecule has 0 amide bonds. The number of hydrogen-bond donors (Lipinski definition) is 1. The van der Waals surface area contributed by atoms with Crippen LogP contribution in [0.1, 0.15) is 32.6 Å². The van der Waals surface area contributed by atoms with Crippen molar-refractivity contribution in [3.63, 3.8) is 0 Å². The molecule has 0 saturated carbocycles. The smallest absolute Gasteiger partial charge is 0.0861 e. The summed E-state index contributed by atoms with van der Waals surface area (Å²) in [5, 5.41) is 9.47. The lowest BCUT2D eigenvalue weighted by Crippen LogP contribution is -2.37. The lowest BCUT2D eigenvalue weighted by atomic mass is 10.00. The molecule has 2 heterocycles. The van der Waals surface area contributed by atoms with Crippen LogP contribution in [0.3, 0.4) is 0 Å². The van der Waals surface area contributed by atoms with Crippen molar-refractivity contribution in [2.75, 3.05) is 6.61 Å². The zero-order valence-electron chi connectivity index (χ0n) is 8.11. The first-order valence-corrected chi connectivity index (χ1v) is 5.21. The third kappa shape index (κ3) is 2.22. The van der Waals surface area contributed by atoms with E-state index in [1.54, 1.807) is 0 Å². The van der Waals surface area contributed by atoms with Crippen molar-refractivity contribution in [2.45, 2.75) is 57.0 Å². The van der Waals surface area contributed by atoms with E-state index < -0.39 is 0 Å². The van der Waals surface area contributed by atoms with Crippen molar-refractivity contribution in [3.8, 4) is 0 Å². The molecule has 13 heavy (non-hydrogen) atoms. The molecule has 2 saturated heterocycles. The average molecular weight is 186 g/mol. The van der Waals surface area contributed by atoms with Crippen molar-refractivity contribution in [1.82, 2.24) is 0 Å². The fourth-order valence-electron chi connectivity index (χ4n) is 2.18. The van der Waals surface area contributed by atoms with E-state index in [1.165, 1.54) is 0 Å². The summed E-state index contributed by atoms with van der Waals surface area (Å²) >= 11 is 0. The fraction of sp³-hybridized carbons (Fsp3) is 1.00. The van der Waals surface area contributed by atoms with Crippen LogP contribution in [0, 0.1) is 0 Å². The van der Waals surface area contributed by atoms with Gasteiger partial charge in [0.2, 0.25) is 0 Å². The highest BCUT2D eigenvalue weighted by atomic mass is 16.6. The molecule has 3 heteroatoms. The van der Waals surface area contributed by atoms with Crippen LogP contribution in [0.4, 0.5) is 0 Å². The second kappa shape index (κ2) is 3.95. The van der Waals surface area contributed by atoms with Crippen molar-refractivity contribution in [2.24, 2.45) is 0 Å². The molecule has 0 bridgehead atoms. The molecule has 0 spiro atoms. The summed E-state index contributed by atoms with van der Waals surface area (Å²) in [6, 6.07) is 0. The van der Waals surface area contributed by atoms with Crippen LogP contribution in [0.2, 0.25) is 0 Å². The molecule has 0 aromatic rings. The molecule has 2 aliphatic rings. The Labute approximate surface area is 79.0 Å². The molecule has 76 valence electrons. The first-order chi connectivity index (χ1) is 6.25. The summed E-state index contributed by atoms with van der Waals surface area (Å²) in [5.74, 6) is 0. The normalized spacial score (nSPS) is 46.6. The second-order valence-corrected chi connectivity index (χ2v) is 4.15. The Hall–Kier alpha value is -0.120. The van der Waals surface area contributed by atoms with Crippen LogP contribution < -0.4 is 0 Å². The van der Waals surface area contributed by atoms with Gasteiger partial charge in [-0.25, -0.2) is 0 Å². The van der Waals surface area contributed by atoms with E-state index >= 15 is 0 Å². The standard InChI is InChI=1S/C10H18O3/c1-7-2-3-9(13-7)10-6-8(11)4-5-12-10/h7-11H,2-6H2,1H3. The molecule has 0 radical (unpaired) electrons. The lowest BCUT2D eigenvalue weighted by molar-refractivity contribution is -0.111. The van der Waals surface area contributed by atoms with Gasteiger partial charge in [-0.2, -0.15) is 0 Å². The van der Waals surface area contributed by atoms with Crippen molar-refractivity contribution in [3.05, 3.63) is 0 Å². The predicted molar refractivity (Wildman–Crippen MR) is 48.5 cm³/mol. The van der Waals surface area contributed by atoms with Crippen molar-refractivity contribution >= 4 is 0 Å². The van der Waals surface area contributed by atoms with Crippen LogP contribution >= 0.6 is 0 Å². The van der Waals surface area contributed by atoms with Crippen LogP contribution in [0.15, 0.2) is 0 Å².